The minimum Gasteiger partial charge on any atom is -0.498 e. The Morgan fingerprint density at radius 2 is 1.98 bits per heavy atom. The molecule has 5 aliphatic rings. The van der Waals surface area contributed by atoms with Crippen LogP contribution in [0.4, 0.5) is 13.2 Å². The second-order valence-corrected chi connectivity index (χ2v) is 13.4. The highest BCUT2D eigenvalue weighted by Crippen LogP contribution is 2.39. The number of methoxy groups -OCH3 is 1. The normalized spacial score (nSPS) is 29.8. The van der Waals surface area contributed by atoms with Gasteiger partial charge in [0.15, 0.2) is 0 Å². The lowest BCUT2D eigenvalue weighted by molar-refractivity contribution is -0.138. The quantitative estimate of drug-likeness (QED) is 0.464. The fraction of sp³-hybridized carbons (Fsp3) is 0.727. The first-order valence-corrected chi connectivity index (χ1v) is 16.6. The Morgan fingerprint density at radius 3 is 2.76 bits per heavy atom. The molecule has 1 saturated carbocycles. The van der Waals surface area contributed by atoms with Crippen LogP contribution in [0.1, 0.15) is 68.2 Å². The third kappa shape index (κ3) is 7.49. The standard InChI is InChI=1S/C33H46F3N5O4/c1-44-30-21-45-14-9-28(30)38-25-6-7-29(42)32(40-13-8-27-23(19-40)15-24(17-37-27)33(34,35)36)26-20-41(18-22(26)16-25)31(43)5-4-12-39-10-2-3-11-39/h15,17,21-22,25-26,28,32,38H,2-14,16,18-20H2,1H3/t22-,25-,26?,28?,32?/m0/s1. The van der Waals surface area contributed by atoms with Crippen molar-refractivity contribution in [3.05, 3.63) is 41.1 Å². The molecule has 12 heteroatoms. The maximum atomic E-state index is 14.1. The van der Waals surface area contributed by atoms with Crippen LogP contribution in [-0.4, -0.2) is 102 Å². The van der Waals surface area contributed by atoms with E-state index >= 15 is 0 Å². The summed E-state index contributed by atoms with van der Waals surface area (Å²) < 4.78 is 51.6. The molecule has 1 N–H and O–H groups in total. The summed E-state index contributed by atoms with van der Waals surface area (Å²) in [6.45, 7) is 5.63. The van der Waals surface area contributed by atoms with Gasteiger partial charge < -0.3 is 24.6 Å². The van der Waals surface area contributed by atoms with Crippen LogP contribution in [-0.2, 0) is 38.2 Å². The average Bonchev–Trinajstić information content (AvgIpc) is 3.69. The average molecular weight is 634 g/mol. The first-order chi connectivity index (χ1) is 21.7. The first-order valence-electron chi connectivity index (χ1n) is 16.6. The van der Waals surface area contributed by atoms with E-state index in [0.717, 1.165) is 50.9 Å². The van der Waals surface area contributed by atoms with Gasteiger partial charge in [-0.25, -0.2) is 0 Å². The zero-order chi connectivity index (χ0) is 31.6. The number of Topliss-reactive ketones (excluding diaryl/α,β-unsaturated/α-hetero) is 1. The van der Waals surface area contributed by atoms with E-state index in [0.29, 0.717) is 63.2 Å². The largest absolute Gasteiger partial charge is 0.498 e. The number of pyridine rings is 1. The number of rotatable bonds is 8. The number of hydrogen-bond donors (Lipinski definition) is 1. The van der Waals surface area contributed by atoms with Crippen molar-refractivity contribution in [2.24, 2.45) is 11.8 Å². The Labute approximate surface area is 263 Å². The van der Waals surface area contributed by atoms with Gasteiger partial charge >= 0.3 is 6.18 Å². The maximum Gasteiger partial charge on any atom is 0.417 e. The molecule has 9 nitrogen and oxygen atoms in total. The lowest BCUT2D eigenvalue weighted by atomic mass is 9.77. The third-order valence-corrected chi connectivity index (χ3v) is 10.5. The lowest BCUT2D eigenvalue weighted by Gasteiger charge is -2.41. The summed E-state index contributed by atoms with van der Waals surface area (Å²) in [7, 11) is 1.63. The van der Waals surface area contributed by atoms with Crippen LogP contribution < -0.4 is 5.32 Å². The Kier molecular flexibility index (Phi) is 10.0. The van der Waals surface area contributed by atoms with Crippen molar-refractivity contribution in [1.82, 2.24) is 25.0 Å². The molecule has 2 saturated heterocycles. The summed E-state index contributed by atoms with van der Waals surface area (Å²) in [5, 5.41) is 3.73. The van der Waals surface area contributed by atoms with Crippen molar-refractivity contribution in [2.45, 2.75) is 88.6 Å². The van der Waals surface area contributed by atoms with Crippen LogP contribution in [0.3, 0.4) is 0 Å². The van der Waals surface area contributed by atoms with E-state index in [1.807, 2.05) is 4.90 Å². The molecular formula is C33H46F3N5O4. The highest BCUT2D eigenvalue weighted by atomic mass is 19.4. The Hall–Kier alpha value is -2.70. The van der Waals surface area contributed by atoms with Crippen molar-refractivity contribution < 1.29 is 32.2 Å². The first kappa shape index (κ1) is 32.2. The maximum absolute atomic E-state index is 14.1. The number of ketones is 1. The number of halogens is 3. The number of ether oxygens (including phenoxy) is 2. The Balaban J connectivity index is 1.20. The lowest BCUT2D eigenvalue weighted by Crippen LogP contribution is -2.53. The van der Waals surface area contributed by atoms with E-state index in [4.69, 9.17) is 9.47 Å². The molecule has 0 bridgehead atoms. The molecule has 5 atom stereocenters. The molecule has 0 aromatic carbocycles. The molecule has 1 aromatic heterocycles. The zero-order valence-corrected chi connectivity index (χ0v) is 26.2. The van der Waals surface area contributed by atoms with Crippen LogP contribution in [0.25, 0.3) is 0 Å². The summed E-state index contributed by atoms with van der Waals surface area (Å²) >= 11 is 0. The Morgan fingerprint density at radius 1 is 1.16 bits per heavy atom. The topological polar surface area (TPSA) is 87.2 Å². The number of nitrogens with zero attached hydrogens (tertiary/aromatic N) is 4. The number of carbonyl (C=O) groups excluding carboxylic acids is 2. The third-order valence-electron chi connectivity index (χ3n) is 10.5. The molecule has 3 unspecified atom stereocenters. The fourth-order valence-electron chi connectivity index (χ4n) is 8.17. The molecule has 45 heavy (non-hydrogen) atoms. The van der Waals surface area contributed by atoms with Gasteiger partial charge in [-0.1, -0.05) is 0 Å². The van der Waals surface area contributed by atoms with Crippen molar-refractivity contribution in [1.29, 1.82) is 0 Å². The fourth-order valence-corrected chi connectivity index (χ4v) is 8.17. The van der Waals surface area contributed by atoms with E-state index in [-0.39, 0.29) is 42.2 Å². The van der Waals surface area contributed by atoms with Crippen LogP contribution >= 0.6 is 0 Å². The number of alkyl halides is 3. The zero-order valence-electron chi connectivity index (χ0n) is 26.2. The van der Waals surface area contributed by atoms with Gasteiger partial charge in [0, 0.05) is 75.7 Å². The van der Waals surface area contributed by atoms with Crippen LogP contribution in [0, 0.1) is 11.8 Å². The Bertz CT molecular complexity index is 1250. The van der Waals surface area contributed by atoms with Gasteiger partial charge in [-0.15, -0.1) is 0 Å². The predicted molar refractivity (Wildman–Crippen MR) is 161 cm³/mol. The van der Waals surface area contributed by atoms with Crippen molar-refractivity contribution in [2.75, 3.05) is 53.0 Å². The van der Waals surface area contributed by atoms with Crippen molar-refractivity contribution in [3.8, 4) is 0 Å². The molecule has 5 heterocycles. The van der Waals surface area contributed by atoms with E-state index in [2.05, 4.69) is 20.1 Å². The minimum atomic E-state index is -4.48. The van der Waals surface area contributed by atoms with Gasteiger partial charge in [0.1, 0.15) is 17.8 Å². The summed E-state index contributed by atoms with van der Waals surface area (Å²) in [5.41, 5.74) is 0.439. The van der Waals surface area contributed by atoms with Gasteiger partial charge in [0.25, 0.3) is 0 Å². The minimum absolute atomic E-state index is 0.00354. The summed E-state index contributed by atoms with van der Waals surface area (Å²) in [6.07, 6.45) is 4.93. The van der Waals surface area contributed by atoms with E-state index < -0.39 is 17.8 Å². The van der Waals surface area contributed by atoms with E-state index in [9.17, 15) is 22.8 Å². The van der Waals surface area contributed by atoms with Gasteiger partial charge in [-0.3, -0.25) is 19.5 Å². The van der Waals surface area contributed by atoms with E-state index in [1.54, 1.807) is 13.4 Å². The highest BCUT2D eigenvalue weighted by Gasteiger charge is 2.47. The second-order valence-electron chi connectivity index (χ2n) is 13.4. The number of hydrogen-bond acceptors (Lipinski definition) is 8. The van der Waals surface area contributed by atoms with Gasteiger partial charge in [-0.05, 0) is 69.3 Å². The number of aromatic nitrogens is 1. The molecule has 248 valence electrons. The van der Waals surface area contributed by atoms with Gasteiger partial charge in [-0.2, -0.15) is 13.2 Å². The van der Waals surface area contributed by atoms with Crippen molar-refractivity contribution in [3.63, 3.8) is 0 Å². The number of fused-ring (bicyclic) bond motifs is 2. The summed E-state index contributed by atoms with van der Waals surface area (Å²) in [5.74, 6) is 0.989. The summed E-state index contributed by atoms with van der Waals surface area (Å²) in [4.78, 5) is 38.2. The number of nitrogens with one attached hydrogen (secondary N) is 1. The highest BCUT2D eigenvalue weighted by molar-refractivity contribution is 5.85. The summed E-state index contributed by atoms with van der Waals surface area (Å²) in [6, 6.07) is 0.809. The molecule has 6 rings (SSSR count). The number of amides is 1. The molecule has 1 aromatic rings. The predicted octanol–water partition coefficient (Wildman–Crippen LogP) is 3.77. The molecule has 3 fully saturated rings. The molecule has 0 spiro atoms. The molecule has 4 aliphatic heterocycles. The van der Waals surface area contributed by atoms with Crippen LogP contribution in [0.5, 0.6) is 0 Å². The van der Waals surface area contributed by atoms with Gasteiger partial charge in [0.05, 0.1) is 31.4 Å². The van der Waals surface area contributed by atoms with Gasteiger partial charge in [0.2, 0.25) is 5.91 Å². The SMILES string of the molecule is COC1=COCCC1N[C@H]1CCC(=O)C(N2CCc3ncc(C(F)(F)F)cc3C2)C2CN(C(=O)CCCN3CCCC3)C[C@@H]2C1. The monoisotopic (exact) mass is 633 g/mol. The molecule has 1 amide bonds. The molecule has 0 radical (unpaired) electrons. The molecular weight excluding hydrogens is 587 g/mol. The molecule has 1 aliphatic carbocycles. The van der Waals surface area contributed by atoms with Crippen molar-refractivity contribution >= 4 is 11.7 Å². The van der Waals surface area contributed by atoms with E-state index in [1.165, 1.54) is 18.9 Å². The van der Waals surface area contributed by atoms with Crippen LogP contribution in [0.2, 0.25) is 0 Å². The number of likely N-dealkylation sites (tertiary alicyclic amines) is 2. The smallest absolute Gasteiger partial charge is 0.417 e. The number of carbonyl (C=O) groups is 2. The second kappa shape index (κ2) is 14.0. The van der Waals surface area contributed by atoms with Crippen LogP contribution in [0.15, 0.2) is 24.3 Å².